The Labute approximate surface area is 248 Å². The number of alkyl carbamates (subject to hydrolysis) is 1. The van der Waals surface area contributed by atoms with Crippen LogP contribution in [0.4, 0.5) is 10.5 Å². The van der Waals surface area contributed by atoms with Gasteiger partial charge in [-0.05, 0) is 82.4 Å². The molecule has 0 bridgehead atoms. The van der Waals surface area contributed by atoms with E-state index >= 15 is 0 Å². The molecule has 0 heterocycles. The number of hydrogen-bond donors (Lipinski definition) is 3. The molecule has 2 aromatic rings. The van der Waals surface area contributed by atoms with Crippen molar-refractivity contribution in [3.8, 4) is 11.5 Å². The maximum Gasteiger partial charge on any atom is 0.408 e. The van der Waals surface area contributed by atoms with Crippen LogP contribution in [0.15, 0.2) is 42.5 Å². The predicted molar refractivity (Wildman–Crippen MR) is 165 cm³/mol. The standard InChI is InChI=1S/C31H45N3O6S/c1-8-9-10-19-34(29(37)25(18-20-41-7)33-30(38)40-31(3,4)5)26(24-13-11-12-21(2)27(24)35)28(36)32-22-14-16-23(39-6)17-15-22/h11-17,25-26,35H,8-10,18-20H2,1-7H3,(H,32,36)(H,33,38). The number of phenols is 1. The number of thioether (sulfide) groups is 1. The number of anilines is 1. The van der Waals surface area contributed by atoms with E-state index in [1.807, 2.05) is 6.26 Å². The number of carbonyl (C=O) groups is 3. The lowest BCUT2D eigenvalue weighted by Crippen LogP contribution is -2.52. The van der Waals surface area contributed by atoms with Gasteiger partial charge in [-0.15, -0.1) is 0 Å². The van der Waals surface area contributed by atoms with Crippen molar-refractivity contribution in [3.05, 3.63) is 53.6 Å². The van der Waals surface area contributed by atoms with Crippen LogP contribution in [0, 0.1) is 6.92 Å². The van der Waals surface area contributed by atoms with E-state index in [-0.39, 0.29) is 12.3 Å². The number of rotatable bonds is 14. The van der Waals surface area contributed by atoms with Gasteiger partial charge in [0.15, 0.2) is 0 Å². The third kappa shape index (κ3) is 10.5. The second kappa shape index (κ2) is 16.1. The molecule has 0 aliphatic heterocycles. The first kappa shape index (κ1) is 33.8. The van der Waals surface area contributed by atoms with Crippen molar-refractivity contribution in [1.29, 1.82) is 0 Å². The first-order valence-corrected chi connectivity index (χ1v) is 15.3. The maximum absolute atomic E-state index is 14.3. The molecule has 0 saturated heterocycles. The number of unbranched alkanes of at least 4 members (excludes halogenated alkanes) is 2. The second-order valence-corrected chi connectivity index (χ2v) is 11.8. The van der Waals surface area contributed by atoms with Crippen LogP contribution in [0.5, 0.6) is 11.5 Å². The van der Waals surface area contributed by atoms with Crippen LogP contribution in [-0.4, -0.2) is 65.2 Å². The van der Waals surface area contributed by atoms with Gasteiger partial charge in [-0.1, -0.05) is 38.0 Å². The van der Waals surface area contributed by atoms with Gasteiger partial charge in [0, 0.05) is 17.8 Å². The number of nitrogens with one attached hydrogen (secondary N) is 2. The highest BCUT2D eigenvalue weighted by atomic mass is 32.2. The lowest BCUT2D eigenvalue weighted by molar-refractivity contribution is -0.141. The molecule has 226 valence electrons. The van der Waals surface area contributed by atoms with Crippen LogP contribution >= 0.6 is 11.8 Å². The molecule has 41 heavy (non-hydrogen) atoms. The number of hydrogen-bond acceptors (Lipinski definition) is 7. The number of benzene rings is 2. The molecule has 2 atom stereocenters. The zero-order valence-electron chi connectivity index (χ0n) is 25.3. The van der Waals surface area contributed by atoms with Crippen molar-refractivity contribution in [1.82, 2.24) is 10.2 Å². The van der Waals surface area contributed by atoms with Gasteiger partial charge in [0.05, 0.1) is 7.11 Å². The monoisotopic (exact) mass is 587 g/mol. The third-order valence-corrected chi connectivity index (χ3v) is 7.01. The van der Waals surface area contributed by atoms with E-state index in [9.17, 15) is 19.5 Å². The SMILES string of the molecule is CCCCCN(C(=O)C(CCSC)NC(=O)OC(C)(C)C)C(C(=O)Nc1ccc(OC)cc1)c1cccc(C)c1O. The van der Waals surface area contributed by atoms with Gasteiger partial charge in [0.1, 0.15) is 29.2 Å². The van der Waals surface area contributed by atoms with E-state index in [0.29, 0.717) is 41.2 Å². The Kier molecular flexibility index (Phi) is 13.3. The van der Waals surface area contributed by atoms with Gasteiger partial charge < -0.3 is 30.1 Å². The quantitative estimate of drug-likeness (QED) is 0.230. The number of methoxy groups -OCH3 is 1. The van der Waals surface area contributed by atoms with Crippen molar-refractivity contribution >= 4 is 35.4 Å². The van der Waals surface area contributed by atoms with E-state index in [0.717, 1.165) is 12.8 Å². The fraction of sp³-hybridized carbons (Fsp3) is 0.516. The Morgan fingerprint density at radius 1 is 1.07 bits per heavy atom. The number of carbonyl (C=O) groups excluding carboxylic acids is 3. The molecular weight excluding hydrogens is 542 g/mol. The molecule has 0 aromatic heterocycles. The minimum absolute atomic E-state index is 0.0589. The summed E-state index contributed by atoms with van der Waals surface area (Å²) in [6.45, 7) is 9.31. The molecule has 0 aliphatic rings. The first-order chi connectivity index (χ1) is 19.4. The van der Waals surface area contributed by atoms with Gasteiger partial charge in [0.25, 0.3) is 5.91 Å². The molecule has 3 N–H and O–H groups in total. The Balaban J connectivity index is 2.57. The summed E-state index contributed by atoms with van der Waals surface area (Å²) in [6.07, 6.45) is 3.95. The van der Waals surface area contributed by atoms with Crippen LogP contribution in [-0.2, 0) is 14.3 Å². The molecule has 10 heteroatoms. The number of aryl methyl sites for hydroxylation is 1. The molecule has 0 aliphatic carbocycles. The summed E-state index contributed by atoms with van der Waals surface area (Å²) in [7, 11) is 1.56. The van der Waals surface area contributed by atoms with Crippen molar-refractivity contribution < 1.29 is 29.0 Å². The molecule has 0 spiro atoms. The molecule has 9 nitrogen and oxygen atoms in total. The Hall–Kier alpha value is -3.40. The molecule has 0 fully saturated rings. The smallest absolute Gasteiger partial charge is 0.408 e. The van der Waals surface area contributed by atoms with Gasteiger partial charge >= 0.3 is 6.09 Å². The van der Waals surface area contributed by atoms with Crippen molar-refractivity contribution in [2.75, 3.05) is 31.0 Å². The highest BCUT2D eigenvalue weighted by molar-refractivity contribution is 7.98. The van der Waals surface area contributed by atoms with Gasteiger partial charge in [-0.25, -0.2) is 4.79 Å². The molecule has 3 amide bonds. The van der Waals surface area contributed by atoms with E-state index in [1.165, 1.54) is 4.90 Å². The minimum Gasteiger partial charge on any atom is -0.507 e. The maximum atomic E-state index is 14.3. The molecule has 2 rings (SSSR count). The zero-order chi connectivity index (χ0) is 30.6. The average Bonchev–Trinajstić information content (AvgIpc) is 2.91. The normalized spacial score (nSPS) is 12.7. The molecule has 0 saturated carbocycles. The van der Waals surface area contributed by atoms with Gasteiger partial charge in [-0.3, -0.25) is 9.59 Å². The van der Waals surface area contributed by atoms with Crippen LogP contribution in [0.25, 0.3) is 0 Å². The van der Waals surface area contributed by atoms with Gasteiger partial charge in [-0.2, -0.15) is 11.8 Å². The highest BCUT2D eigenvalue weighted by Gasteiger charge is 2.37. The van der Waals surface area contributed by atoms with Crippen molar-refractivity contribution in [3.63, 3.8) is 0 Å². The number of para-hydroxylation sites is 1. The second-order valence-electron chi connectivity index (χ2n) is 10.9. The topological polar surface area (TPSA) is 117 Å². The Morgan fingerprint density at radius 3 is 2.34 bits per heavy atom. The molecule has 0 radical (unpaired) electrons. The predicted octanol–water partition coefficient (Wildman–Crippen LogP) is 6.05. The van der Waals surface area contributed by atoms with Gasteiger partial charge in [0.2, 0.25) is 5.91 Å². The summed E-state index contributed by atoms with van der Waals surface area (Å²) in [6, 6.07) is 9.92. The summed E-state index contributed by atoms with van der Waals surface area (Å²) >= 11 is 1.55. The number of ether oxygens (including phenoxy) is 2. The number of phenolic OH excluding ortho intramolecular Hbond substituents is 1. The first-order valence-electron chi connectivity index (χ1n) is 13.9. The highest BCUT2D eigenvalue weighted by Crippen LogP contribution is 2.33. The van der Waals surface area contributed by atoms with E-state index in [4.69, 9.17) is 9.47 Å². The minimum atomic E-state index is -1.15. The fourth-order valence-electron chi connectivity index (χ4n) is 4.28. The fourth-order valence-corrected chi connectivity index (χ4v) is 4.75. The van der Waals surface area contributed by atoms with Crippen LogP contribution in [0.2, 0.25) is 0 Å². The van der Waals surface area contributed by atoms with E-state index < -0.39 is 35.6 Å². The van der Waals surface area contributed by atoms with Crippen LogP contribution in [0.1, 0.15) is 70.5 Å². The molecule has 2 aromatic carbocycles. The Bertz CT molecular complexity index is 1150. The zero-order valence-corrected chi connectivity index (χ0v) is 26.1. The van der Waals surface area contributed by atoms with E-state index in [1.54, 1.807) is 89.0 Å². The van der Waals surface area contributed by atoms with E-state index in [2.05, 4.69) is 17.6 Å². The average molecular weight is 588 g/mol. The largest absolute Gasteiger partial charge is 0.507 e. The number of amides is 3. The molecule has 2 unspecified atom stereocenters. The number of aromatic hydroxyl groups is 1. The molecular formula is C31H45N3O6S. The van der Waals surface area contributed by atoms with Crippen molar-refractivity contribution in [2.45, 2.75) is 78.0 Å². The lowest BCUT2D eigenvalue weighted by Gasteiger charge is -2.35. The van der Waals surface area contributed by atoms with Crippen LogP contribution in [0.3, 0.4) is 0 Å². The van der Waals surface area contributed by atoms with Crippen LogP contribution < -0.4 is 15.4 Å². The Morgan fingerprint density at radius 2 is 1.76 bits per heavy atom. The third-order valence-electron chi connectivity index (χ3n) is 6.37. The number of nitrogens with zero attached hydrogens (tertiary/aromatic N) is 1. The lowest BCUT2D eigenvalue weighted by atomic mass is 9.98. The summed E-state index contributed by atoms with van der Waals surface area (Å²) in [4.78, 5) is 42.5. The summed E-state index contributed by atoms with van der Waals surface area (Å²) in [5.41, 5.74) is 0.657. The summed E-state index contributed by atoms with van der Waals surface area (Å²) < 4.78 is 10.7. The van der Waals surface area contributed by atoms with Crippen molar-refractivity contribution in [2.24, 2.45) is 0 Å². The summed E-state index contributed by atoms with van der Waals surface area (Å²) in [5.74, 6) is 0.278. The summed E-state index contributed by atoms with van der Waals surface area (Å²) in [5, 5.41) is 16.7.